The molecule has 1 aliphatic carbocycles. The molecule has 3 N–H and O–H groups in total. The SMILES string of the molecule is CC(=O)N[C@H](Cc1c[nH]c2ccccc12)C(=O)N[C@@H]1CCCc2c1cnn2C. The Morgan fingerprint density at radius 1 is 1.36 bits per heavy atom. The zero-order valence-corrected chi connectivity index (χ0v) is 16.2. The van der Waals surface area contributed by atoms with Crippen LogP contribution in [0.1, 0.15) is 42.6 Å². The summed E-state index contributed by atoms with van der Waals surface area (Å²) in [4.78, 5) is 28.0. The highest BCUT2D eigenvalue weighted by molar-refractivity contribution is 5.89. The lowest BCUT2D eigenvalue weighted by Gasteiger charge is -2.26. The van der Waals surface area contributed by atoms with Crippen LogP contribution in [0.25, 0.3) is 10.9 Å². The van der Waals surface area contributed by atoms with Gasteiger partial charge in [0.05, 0.1) is 12.2 Å². The van der Waals surface area contributed by atoms with Crippen LogP contribution in [0, 0.1) is 0 Å². The molecule has 0 spiro atoms. The summed E-state index contributed by atoms with van der Waals surface area (Å²) < 4.78 is 1.88. The van der Waals surface area contributed by atoms with E-state index in [1.165, 1.54) is 12.6 Å². The van der Waals surface area contributed by atoms with Crippen molar-refractivity contribution < 1.29 is 9.59 Å². The molecule has 0 aliphatic heterocycles. The van der Waals surface area contributed by atoms with Crippen molar-refractivity contribution in [2.75, 3.05) is 0 Å². The van der Waals surface area contributed by atoms with Crippen LogP contribution in [0.3, 0.4) is 0 Å². The second-order valence-electron chi connectivity index (χ2n) is 7.44. The second kappa shape index (κ2) is 7.50. The molecule has 7 heteroatoms. The minimum Gasteiger partial charge on any atom is -0.361 e. The number of nitrogens with zero attached hydrogens (tertiary/aromatic N) is 2. The van der Waals surface area contributed by atoms with Crippen molar-refractivity contribution in [1.82, 2.24) is 25.4 Å². The maximum Gasteiger partial charge on any atom is 0.243 e. The highest BCUT2D eigenvalue weighted by Gasteiger charge is 2.28. The number of para-hydroxylation sites is 1. The van der Waals surface area contributed by atoms with Crippen LogP contribution >= 0.6 is 0 Å². The van der Waals surface area contributed by atoms with Crippen LogP contribution < -0.4 is 10.6 Å². The van der Waals surface area contributed by atoms with Gasteiger partial charge in [-0.1, -0.05) is 18.2 Å². The molecule has 2 heterocycles. The Morgan fingerprint density at radius 3 is 3.00 bits per heavy atom. The number of aryl methyl sites for hydroxylation is 1. The molecule has 1 aromatic carbocycles. The van der Waals surface area contributed by atoms with Gasteiger partial charge in [0, 0.05) is 48.7 Å². The zero-order chi connectivity index (χ0) is 19.7. The number of benzene rings is 1. The van der Waals surface area contributed by atoms with Crippen molar-refractivity contribution in [2.24, 2.45) is 7.05 Å². The Kier molecular flexibility index (Phi) is 4.90. The minimum atomic E-state index is -0.626. The number of rotatable bonds is 5. The molecule has 0 radical (unpaired) electrons. The Balaban J connectivity index is 1.54. The van der Waals surface area contributed by atoms with E-state index in [1.807, 2.05) is 48.4 Å². The maximum absolute atomic E-state index is 13.1. The standard InChI is InChI=1S/C21H25N5O2/c1-13(27)24-19(10-14-11-22-17-7-4-3-6-15(14)17)21(28)25-18-8-5-9-20-16(18)12-23-26(20)2/h3-4,6-7,11-12,18-19,22H,5,8-10H2,1-2H3,(H,24,27)(H,25,28)/t18-,19-/m1/s1. The van der Waals surface area contributed by atoms with Gasteiger partial charge in [0.25, 0.3) is 0 Å². The zero-order valence-electron chi connectivity index (χ0n) is 16.2. The summed E-state index contributed by atoms with van der Waals surface area (Å²) in [5, 5.41) is 11.4. The van der Waals surface area contributed by atoms with Gasteiger partial charge in [0.1, 0.15) is 6.04 Å². The lowest BCUT2D eigenvalue weighted by Crippen LogP contribution is -2.48. The van der Waals surface area contributed by atoms with Gasteiger partial charge in [-0.25, -0.2) is 0 Å². The van der Waals surface area contributed by atoms with Gasteiger partial charge in [-0.2, -0.15) is 5.10 Å². The first kappa shape index (κ1) is 18.3. The molecule has 1 aliphatic rings. The Hall–Kier alpha value is -3.09. The van der Waals surface area contributed by atoms with Gasteiger partial charge >= 0.3 is 0 Å². The normalized spacial score (nSPS) is 17.1. The number of hydrogen-bond acceptors (Lipinski definition) is 3. The molecule has 3 aromatic rings. The van der Waals surface area contributed by atoms with Crippen molar-refractivity contribution in [3.63, 3.8) is 0 Å². The van der Waals surface area contributed by atoms with E-state index < -0.39 is 6.04 Å². The molecule has 2 amide bonds. The highest BCUT2D eigenvalue weighted by atomic mass is 16.2. The molecule has 4 rings (SSSR count). The van der Waals surface area contributed by atoms with E-state index in [1.54, 1.807) is 0 Å². The number of carbonyl (C=O) groups is 2. The number of aromatic amines is 1. The molecule has 28 heavy (non-hydrogen) atoms. The topological polar surface area (TPSA) is 91.8 Å². The van der Waals surface area contributed by atoms with Crippen LogP contribution in [0.4, 0.5) is 0 Å². The summed E-state index contributed by atoms with van der Waals surface area (Å²) in [6.45, 7) is 1.44. The molecule has 0 saturated heterocycles. The number of amides is 2. The van der Waals surface area contributed by atoms with E-state index in [9.17, 15) is 9.59 Å². The molecule has 7 nitrogen and oxygen atoms in total. The summed E-state index contributed by atoms with van der Waals surface area (Å²) in [7, 11) is 1.93. The Labute approximate surface area is 163 Å². The van der Waals surface area contributed by atoms with E-state index in [0.29, 0.717) is 6.42 Å². The number of aromatic nitrogens is 3. The number of hydrogen-bond donors (Lipinski definition) is 3. The molecule has 0 bridgehead atoms. The van der Waals surface area contributed by atoms with Gasteiger partial charge in [-0.3, -0.25) is 14.3 Å². The number of nitrogens with one attached hydrogen (secondary N) is 3. The maximum atomic E-state index is 13.1. The summed E-state index contributed by atoms with van der Waals surface area (Å²) in [6.07, 6.45) is 7.04. The smallest absolute Gasteiger partial charge is 0.243 e. The van der Waals surface area contributed by atoms with Gasteiger partial charge < -0.3 is 15.6 Å². The Morgan fingerprint density at radius 2 is 2.18 bits per heavy atom. The van der Waals surface area contributed by atoms with Crippen molar-refractivity contribution in [3.8, 4) is 0 Å². The van der Waals surface area contributed by atoms with Crippen molar-refractivity contribution in [3.05, 3.63) is 53.5 Å². The van der Waals surface area contributed by atoms with Gasteiger partial charge in [0.15, 0.2) is 0 Å². The molecule has 0 fully saturated rings. The fourth-order valence-corrected chi connectivity index (χ4v) is 4.10. The monoisotopic (exact) mass is 379 g/mol. The number of carbonyl (C=O) groups excluding carboxylic acids is 2. The van der Waals surface area contributed by atoms with Crippen molar-refractivity contribution >= 4 is 22.7 Å². The van der Waals surface area contributed by atoms with E-state index in [4.69, 9.17) is 0 Å². The predicted molar refractivity (Wildman–Crippen MR) is 107 cm³/mol. The van der Waals surface area contributed by atoms with Gasteiger partial charge in [0.2, 0.25) is 11.8 Å². The largest absolute Gasteiger partial charge is 0.361 e. The van der Waals surface area contributed by atoms with Gasteiger partial charge in [-0.05, 0) is 30.9 Å². The molecule has 0 saturated carbocycles. The summed E-state index contributed by atoms with van der Waals surface area (Å²) in [5.74, 6) is -0.382. The van der Waals surface area contributed by atoms with Crippen LogP contribution in [0.15, 0.2) is 36.7 Å². The fraction of sp³-hybridized carbons (Fsp3) is 0.381. The van der Waals surface area contributed by atoms with E-state index in [2.05, 4.69) is 20.7 Å². The molecule has 0 unspecified atom stereocenters. The third-order valence-corrected chi connectivity index (χ3v) is 5.49. The summed E-state index contributed by atoms with van der Waals surface area (Å²) in [6, 6.07) is 7.27. The van der Waals surface area contributed by atoms with Crippen molar-refractivity contribution in [1.29, 1.82) is 0 Å². The molecule has 2 aromatic heterocycles. The Bertz CT molecular complexity index is 1020. The van der Waals surface area contributed by atoms with Crippen LogP contribution in [0.2, 0.25) is 0 Å². The quantitative estimate of drug-likeness (QED) is 0.634. The molecule has 146 valence electrons. The van der Waals surface area contributed by atoms with Crippen LogP contribution in [-0.2, 0) is 29.5 Å². The average molecular weight is 379 g/mol. The third-order valence-electron chi connectivity index (χ3n) is 5.49. The minimum absolute atomic E-state index is 0.0656. The van der Waals surface area contributed by atoms with E-state index in [-0.39, 0.29) is 17.9 Å². The van der Waals surface area contributed by atoms with Crippen LogP contribution in [-0.4, -0.2) is 32.6 Å². The van der Waals surface area contributed by atoms with E-state index >= 15 is 0 Å². The van der Waals surface area contributed by atoms with Crippen LogP contribution in [0.5, 0.6) is 0 Å². The lowest BCUT2D eigenvalue weighted by atomic mass is 9.92. The first-order valence-electron chi connectivity index (χ1n) is 9.66. The first-order chi connectivity index (χ1) is 13.5. The first-order valence-corrected chi connectivity index (χ1v) is 9.66. The number of H-pyrrole nitrogens is 1. The molecular formula is C21H25N5O2. The van der Waals surface area contributed by atoms with E-state index in [0.717, 1.165) is 41.3 Å². The van der Waals surface area contributed by atoms with Gasteiger partial charge in [-0.15, -0.1) is 0 Å². The highest BCUT2D eigenvalue weighted by Crippen LogP contribution is 2.29. The lowest BCUT2D eigenvalue weighted by molar-refractivity contribution is -0.128. The predicted octanol–water partition coefficient (Wildman–Crippen LogP) is 2.14. The average Bonchev–Trinajstić information content (AvgIpc) is 3.26. The molecular weight excluding hydrogens is 354 g/mol. The molecule has 2 atom stereocenters. The second-order valence-corrected chi connectivity index (χ2v) is 7.44. The third kappa shape index (κ3) is 3.52. The summed E-state index contributed by atoms with van der Waals surface area (Å²) >= 11 is 0. The van der Waals surface area contributed by atoms with Crippen molar-refractivity contribution in [2.45, 2.75) is 44.7 Å². The number of fused-ring (bicyclic) bond motifs is 2. The fourth-order valence-electron chi connectivity index (χ4n) is 4.10. The summed E-state index contributed by atoms with van der Waals surface area (Å²) in [5.41, 5.74) is 4.28.